The molecule has 2 aromatic carbocycles. The minimum absolute atomic E-state index is 0.0624. The van der Waals surface area contributed by atoms with Gasteiger partial charge >= 0.3 is 0 Å². The number of nitrogens with zero attached hydrogens (tertiary/aromatic N) is 2. The molecule has 2 aromatic rings. The van der Waals surface area contributed by atoms with Crippen LogP contribution in [0, 0.1) is 0 Å². The fourth-order valence-electron chi connectivity index (χ4n) is 3.04. The van der Waals surface area contributed by atoms with Crippen molar-refractivity contribution >= 4 is 11.6 Å². The quantitative estimate of drug-likeness (QED) is 0.919. The lowest BCUT2D eigenvalue weighted by Crippen LogP contribution is -2.48. The maximum atomic E-state index is 12.2. The lowest BCUT2D eigenvalue weighted by atomic mass is 10.1. The Kier molecular flexibility index (Phi) is 5.62. The predicted octanol–water partition coefficient (Wildman–Crippen LogP) is 2.93. The van der Waals surface area contributed by atoms with Gasteiger partial charge in [0.15, 0.2) is 0 Å². The molecule has 0 aromatic heterocycles. The molecule has 1 saturated heterocycles. The second-order valence-electron chi connectivity index (χ2n) is 6.20. The van der Waals surface area contributed by atoms with Crippen LogP contribution in [-0.4, -0.2) is 55.0 Å². The molecule has 4 nitrogen and oxygen atoms in total. The number of anilines is 1. The summed E-state index contributed by atoms with van der Waals surface area (Å²) in [6.45, 7) is 7.78. The molecule has 1 aliphatic heterocycles. The van der Waals surface area contributed by atoms with E-state index in [0.29, 0.717) is 6.54 Å². The standard InChI is InChI=1S/C20H25N3O/c1-2-22-12-14-23(15-13-22)16-20(24)21-19-10-8-18(9-11-19)17-6-4-3-5-7-17/h3-11H,2,12-16H2,1H3,(H,21,24). The summed E-state index contributed by atoms with van der Waals surface area (Å²) >= 11 is 0. The Morgan fingerprint density at radius 2 is 1.46 bits per heavy atom. The van der Waals surface area contributed by atoms with Gasteiger partial charge in [-0.05, 0) is 29.8 Å². The maximum absolute atomic E-state index is 12.2. The van der Waals surface area contributed by atoms with Gasteiger partial charge in [0, 0.05) is 31.9 Å². The maximum Gasteiger partial charge on any atom is 0.238 e. The predicted molar refractivity (Wildman–Crippen MR) is 99.1 cm³/mol. The lowest BCUT2D eigenvalue weighted by Gasteiger charge is -2.33. The van der Waals surface area contributed by atoms with E-state index in [0.717, 1.165) is 44.0 Å². The van der Waals surface area contributed by atoms with Gasteiger partial charge in [0.2, 0.25) is 5.91 Å². The van der Waals surface area contributed by atoms with Gasteiger partial charge in [-0.2, -0.15) is 0 Å². The van der Waals surface area contributed by atoms with Crippen molar-refractivity contribution in [1.82, 2.24) is 9.80 Å². The van der Waals surface area contributed by atoms with Gasteiger partial charge in [-0.1, -0.05) is 49.4 Å². The van der Waals surface area contributed by atoms with E-state index in [1.807, 2.05) is 42.5 Å². The van der Waals surface area contributed by atoms with Crippen LogP contribution in [0.5, 0.6) is 0 Å². The average Bonchev–Trinajstić information content (AvgIpc) is 2.64. The van der Waals surface area contributed by atoms with Gasteiger partial charge in [-0.3, -0.25) is 9.69 Å². The van der Waals surface area contributed by atoms with Crippen LogP contribution >= 0.6 is 0 Å². The summed E-state index contributed by atoms with van der Waals surface area (Å²) in [5, 5.41) is 3.00. The van der Waals surface area contributed by atoms with Gasteiger partial charge in [0.1, 0.15) is 0 Å². The van der Waals surface area contributed by atoms with Crippen LogP contribution in [0.15, 0.2) is 54.6 Å². The Morgan fingerprint density at radius 3 is 2.08 bits per heavy atom. The van der Waals surface area contributed by atoms with Crippen LogP contribution in [0.1, 0.15) is 6.92 Å². The number of likely N-dealkylation sites (N-methyl/N-ethyl adjacent to an activating group) is 1. The minimum Gasteiger partial charge on any atom is -0.325 e. The highest BCUT2D eigenvalue weighted by Gasteiger charge is 2.17. The van der Waals surface area contributed by atoms with E-state index in [9.17, 15) is 4.79 Å². The highest BCUT2D eigenvalue weighted by Crippen LogP contribution is 2.20. The third-order valence-electron chi connectivity index (χ3n) is 4.56. The molecule has 0 unspecified atom stereocenters. The minimum atomic E-state index is 0.0624. The van der Waals surface area contributed by atoms with Crippen LogP contribution in [0.25, 0.3) is 11.1 Å². The average molecular weight is 323 g/mol. The Bertz CT molecular complexity index is 646. The van der Waals surface area contributed by atoms with E-state index in [1.54, 1.807) is 0 Å². The molecule has 0 atom stereocenters. The number of hydrogen-bond acceptors (Lipinski definition) is 3. The summed E-state index contributed by atoms with van der Waals surface area (Å²) in [6.07, 6.45) is 0. The van der Waals surface area contributed by atoms with Crippen molar-refractivity contribution in [2.45, 2.75) is 6.92 Å². The molecule has 126 valence electrons. The topological polar surface area (TPSA) is 35.6 Å². The molecule has 3 rings (SSSR count). The zero-order valence-electron chi connectivity index (χ0n) is 14.2. The van der Waals surface area contributed by atoms with Crippen LogP contribution in [-0.2, 0) is 4.79 Å². The number of amides is 1. The molecule has 24 heavy (non-hydrogen) atoms. The Hall–Kier alpha value is -2.17. The van der Waals surface area contributed by atoms with E-state index >= 15 is 0 Å². The van der Waals surface area contributed by atoms with Crippen LogP contribution < -0.4 is 5.32 Å². The van der Waals surface area contributed by atoms with Crippen molar-refractivity contribution in [3.8, 4) is 11.1 Å². The molecule has 0 spiro atoms. The zero-order chi connectivity index (χ0) is 16.8. The summed E-state index contributed by atoms with van der Waals surface area (Å²) in [5.41, 5.74) is 3.19. The van der Waals surface area contributed by atoms with E-state index < -0.39 is 0 Å². The van der Waals surface area contributed by atoms with Crippen molar-refractivity contribution in [3.63, 3.8) is 0 Å². The number of carbonyl (C=O) groups is 1. The van der Waals surface area contributed by atoms with Gasteiger partial charge in [-0.25, -0.2) is 0 Å². The van der Waals surface area contributed by atoms with Gasteiger partial charge in [-0.15, -0.1) is 0 Å². The van der Waals surface area contributed by atoms with E-state index in [-0.39, 0.29) is 5.91 Å². The first kappa shape index (κ1) is 16.7. The molecule has 1 N–H and O–H groups in total. The number of piperazine rings is 1. The number of carbonyl (C=O) groups excluding carboxylic acids is 1. The highest BCUT2D eigenvalue weighted by atomic mass is 16.2. The second-order valence-corrected chi connectivity index (χ2v) is 6.20. The molecule has 1 aliphatic rings. The summed E-state index contributed by atoms with van der Waals surface area (Å²) in [7, 11) is 0. The summed E-state index contributed by atoms with van der Waals surface area (Å²) in [5.74, 6) is 0.0624. The van der Waals surface area contributed by atoms with Crippen molar-refractivity contribution in [1.29, 1.82) is 0 Å². The van der Waals surface area contributed by atoms with Crippen molar-refractivity contribution in [3.05, 3.63) is 54.6 Å². The molecule has 1 heterocycles. The van der Waals surface area contributed by atoms with Gasteiger partial charge < -0.3 is 10.2 Å². The first-order valence-electron chi connectivity index (χ1n) is 8.64. The third kappa shape index (κ3) is 4.43. The molecule has 0 radical (unpaired) electrons. The SMILES string of the molecule is CCN1CCN(CC(=O)Nc2ccc(-c3ccccc3)cc2)CC1. The largest absolute Gasteiger partial charge is 0.325 e. The number of hydrogen-bond donors (Lipinski definition) is 1. The highest BCUT2D eigenvalue weighted by molar-refractivity contribution is 5.92. The summed E-state index contributed by atoms with van der Waals surface area (Å²) in [6, 6.07) is 18.3. The van der Waals surface area contributed by atoms with E-state index in [1.165, 1.54) is 5.56 Å². The fraction of sp³-hybridized carbons (Fsp3) is 0.350. The van der Waals surface area contributed by atoms with E-state index in [4.69, 9.17) is 0 Å². The summed E-state index contributed by atoms with van der Waals surface area (Å²) < 4.78 is 0. The normalized spacial score (nSPS) is 16.0. The molecule has 0 aliphatic carbocycles. The Morgan fingerprint density at radius 1 is 0.875 bits per heavy atom. The lowest BCUT2D eigenvalue weighted by molar-refractivity contribution is -0.117. The van der Waals surface area contributed by atoms with Gasteiger partial charge in [0.05, 0.1) is 6.54 Å². The molecule has 1 amide bonds. The zero-order valence-corrected chi connectivity index (χ0v) is 14.2. The number of benzene rings is 2. The van der Waals surface area contributed by atoms with E-state index in [2.05, 4.69) is 34.2 Å². The van der Waals surface area contributed by atoms with Crippen molar-refractivity contribution in [2.24, 2.45) is 0 Å². The first-order valence-corrected chi connectivity index (χ1v) is 8.64. The molecule has 0 bridgehead atoms. The Balaban J connectivity index is 1.52. The van der Waals surface area contributed by atoms with Crippen molar-refractivity contribution in [2.75, 3.05) is 44.6 Å². The molecule has 4 heteroatoms. The van der Waals surface area contributed by atoms with Crippen LogP contribution in [0.2, 0.25) is 0 Å². The smallest absolute Gasteiger partial charge is 0.238 e. The number of nitrogens with one attached hydrogen (secondary N) is 1. The Labute approximate surface area is 144 Å². The molecule has 1 fully saturated rings. The van der Waals surface area contributed by atoms with Crippen LogP contribution in [0.3, 0.4) is 0 Å². The van der Waals surface area contributed by atoms with Gasteiger partial charge in [0.25, 0.3) is 0 Å². The summed E-state index contributed by atoms with van der Waals surface area (Å²) in [4.78, 5) is 16.9. The second kappa shape index (κ2) is 8.08. The monoisotopic (exact) mass is 323 g/mol. The third-order valence-corrected chi connectivity index (χ3v) is 4.56. The molecular formula is C20H25N3O. The van der Waals surface area contributed by atoms with Crippen LogP contribution in [0.4, 0.5) is 5.69 Å². The molecular weight excluding hydrogens is 298 g/mol. The molecule has 0 saturated carbocycles. The fourth-order valence-corrected chi connectivity index (χ4v) is 3.04. The van der Waals surface area contributed by atoms with Crippen molar-refractivity contribution < 1.29 is 4.79 Å². The number of rotatable bonds is 5. The first-order chi connectivity index (χ1) is 11.7.